The van der Waals surface area contributed by atoms with E-state index in [1.54, 1.807) is 0 Å². The van der Waals surface area contributed by atoms with Gasteiger partial charge in [0.15, 0.2) is 0 Å². The minimum Gasteiger partial charge on any atom is -0.477 e. The molecule has 0 atom stereocenters. The highest BCUT2D eigenvalue weighted by Gasteiger charge is 2.17. The second-order valence-electron chi connectivity index (χ2n) is 4.26. The Balaban J connectivity index is 2.36. The fourth-order valence-corrected chi connectivity index (χ4v) is 1.86. The zero-order valence-corrected chi connectivity index (χ0v) is 10.9. The molecule has 2 rings (SSSR count). The highest BCUT2D eigenvalue weighted by atomic mass is 19.3. The van der Waals surface area contributed by atoms with Crippen molar-refractivity contribution < 1.29 is 27.8 Å². The molecule has 0 saturated heterocycles. The van der Waals surface area contributed by atoms with Crippen LogP contribution in [0.4, 0.5) is 13.2 Å². The lowest BCUT2D eigenvalue weighted by molar-refractivity contribution is -0.0498. The second kappa shape index (κ2) is 5.86. The van der Waals surface area contributed by atoms with Gasteiger partial charge in [-0.05, 0) is 18.6 Å². The molecular formula is C13H11F3N2O3. The smallest absolute Gasteiger partial charge is 0.387 e. The van der Waals surface area contributed by atoms with Gasteiger partial charge in [0.1, 0.15) is 11.4 Å². The standard InChI is InChI=1S/C13H11F3N2O3/c1-7-8(2-3-17-11(7)14)5-18-6-9(21-13(15)16)4-10(18)12(19)20/h2-4,6,13H,5H2,1H3,(H,19,20). The van der Waals surface area contributed by atoms with Crippen molar-refractivity contribution in [3.05, 3.63) is 47.3 Å². The van der Waals surface area contributed by atoms with Crippen LogP contribution >= 0.6 is 0 Å². The van der Waals surface area contributed by atoms with Crippen LogP contribution < -0.4 is 4.74 Å². The van der Waals surface area contributed by atoms with E-state index in [0.29, 0.717) is 5.56 Å². The molecule has 0 aliphatic heterocycles. The summed E-state index contributed by atoms with van der Waals surface area (Å²) in [4.78, 5) is 14.6. The molecule has 21 heavy (non-hydrogen) atoms. The minimum absolute atomic E-state index is 0.000491. The van der Waals surface area contributed by atoms with Crippen LogP contribution in [0.5, 0.6) is 5.75 Å². The van der Waals surface area contributed by atoms with E-state index in [1.807, 2.05) is 0 Å². The number of aromatic nitrogens is 2. The molecule has 8 heteroatoms. The van der Waals surface area contributed by atoms with Crippen molar-refractivity contribution in [1.29, 1.82) is 0 Å². The van der Waals surface area contributed by atoms with E-state index in [0.717, 1.165) is 12.3 Å². The summed E-state index contributed by atoms with van der Waals surface area (Å²) < 4.78 is 43.1. The summed E-state index contributed by atoms with van der Waals surface area (Å²) in [7, 11) is 0. The third kappa shape index (κ3) is 3.33. The summed E-state index contributed by atoms with van der Waals surface area (Å²) in [6, 6.07) is 2.51. The summed E-state index contributed by atoms with van der Waals surface area (Å²) in [6.07, 6.45) is 2.38. The van der Waals surface area contributed by atoms with Gasteiger partial charge >= 0.3 is 12.6 Å². The molecule has 0 aliphatic rings. The van der Waals surface area contributed by atoms with Crippen LogP contribution in [-0.2, 0) is 6.54 Å². The molecule has 0 fully saturated rings. The fourth-order valence-electron chi connectivity index (χ4n) is 1.86. The molecule has 1 N–H and O–H groups in total. The first kappa shape index (κ1) is 14.9. The molecule has 0 saturated carbocycles. The van der Waals surface area contributed by atoms with Gasteiger partial charge in [-0.3, -0.25) is 0 Å². The maximum absolute atomic E-state index is 13.4. The van der Waals surface area contributed by atoms with E-state index in [2.05, 4.69) is 9.72 Å². The van der Waals surface area contributed by atoms with Gasteiger partial charge in [0, 0.05) is 30.6 Å². The number of pyridine rings is 1. The number of halogens is 3. The number of nitrogens with zero attached hydrogens (tertiary/aromatic N) is 2. The normalized spacial score (nSPS) is 10.9. The first-order chi connectivity index (χ1) is 9.88. The molecule has 112 valence electrons. The Bertz CT molecular complexity index is 671. The van der Waals surface area contributed by atoms with Crippen molar-refractivity contribution in [2.75, 3.05) is 0 Å². The lowest BCUT2D eigenvalue weighted by Crippen LogP contribution is -2.10. The SMILES string of the molecule is Cc1c(Cn2cc(OC(F)F)cc2C(=O)O)ccnc1F. The van der Waals surface area contributed by atoms with Crippen LogP contribution in [0.2, 0.25) is 0 Å². The Morgan fingerprint density at radius 3 is 2.86 bits per heavy atom. The van der Waals surface area contributed by atoms with Crippen LogP contribution in [0.1, 0.15) is 21.6 Å². The number of hydrogen-bond acceptors (Lipinski definition) is 3. The van der Waals surface area contributed by atoms with Crippen molar-refractivity contribution >= 4 is 5.97 Å². The number of carbonyl (C=O) groups is 1. The quantitative estimate of drug-likeness (QED) is 0.862. The van der Waals surface area contributed by atoms with Crippen molar-refractivity contribution in [1.82, 2.24) is 9.55 Å². The Morgan fingerprint density at radius 1 is 1.52 bits per heavy atom. The molecule has 0 aliphatic carbocycles. The zero-order valence-electron chi connectivity index (χ0n) is 10.9. The lowest BCUT2D eigenvalue weighted by Gasteiger charge is -2.09. The monoisotopic (exact) mass is 300 g/mol. The zero-order chi connectivity index (χ0) is 15.6. The van der Waals surface area contributed by atoms with Crippen molar-refractivity contribution in [3.63, 3.8) is 0 Å². The largest absolute Gasteiger partial charge is 0.477 e. The molecule has 2 heterocycles. The molecule has 0 unspecified atom stereocenters. The first-order valence-electron chi connectivity index (χ1n) is 5.86. The first-order valence-corrected chi connectivity index (χ1v) is 5.86. The van der Waals surface area contributed by atoms with Gasteiger partial charge in [-0.15, -0.1) is 0 Å². The van der Waals surface area contributed by atoms with E-state index in [4.69, 9.17) is 5.11 Å². The van der Waals surface area contributed by atoms with Gasteiger partial charge in [-0.25, -0.2) is 9.78 Å². The lowest BCUT2D eigenvalue weighted by atomic mass is 10.1. The van der Waals surface area contributed by atoms with Crippen molar-refractivity contribution in [2.24, 2.45) is 0 Å². The molecule has 2 aromatic heterocycles. The van der Waals surface area contributed by atoms with Gasteiger partial charge < -0.3 is 14.4 Å². The van der Waals surface area contributed by atoms with Crippen molar-refractivity contribution in [2.45, 2.75) is 20.1 Å². The number of alkyl halides is 2. The number of hydrogen-bond donors (Lipinski definition) is 1. The Hall–Kier alpha value is -2.51. The number of carboxylic acids is 1. The molecule has 5 nitrogen and oxygen atoms in total. The molecule has 0 amide bonds. The third-order valence-corrected chi connectivity index (χ3v) is 2.91. The molecule has 0 aromatic carbocycles. The number of ether oxygens (including phenoxy) is 1. The molecular weight excluding hydrogens is 289 g/mol. The molecule has 0 radical (unpaired) electrons. The summed E-state index contributed by atoms with van der Waals surface area (Å²) in [5, 5.41) is 9.06. The molecule has 0 bridgehead atoms. The van der Waals surface area contributed by atoms with Gasteiger partial charge in [-0.2, -0.15) is 13.2 Å². The van der Waals surface area contributed by atoms with E-state index >= 15 is 0 Å². The molecule has 2 aromatic rings. The number of aromatic carboxylic acids is 1. The Morgan fingerprint density at radius 2 is 2.24 bits per heavy atom. The van der Waals surface area contributed by atoms with Gasteiger partial charge in [0.05, 0.1) is 0 Å². The van der Waals surface area contributed by atoms with Crippen molar-refractivity contribution in [3.8, 4) is 5.75 Å². The predicted octanol–water partition coefficient (Wildman–Crippen LogP) is 2.68. The number of carboxylic acid groups (broad SMARTS) is 1. The van der Waals surface area contributed by atoms with Gasteiger partial charge in [0.25, 0.3) is 0 Å². The summed E-state index contributed by atoms with van der Waals surface area (Å²) >= 11 is 0. The van der Waals surface area contributed by atoms with E-state index in [-0.39, 0.29) is 23.6 Å². The average molecular weight is 300 g/mol. The highest BCUT2D eigenvalue weighted by Crippen LogP contribution is 2.21. The van der Waals surface area contributed by atoms with E-state index in [1.165, 1.54) is 23.8 Å². The van der Waals surface area contributed by atoms with Crippen LogP contribution in [0, 0.1) is 12.9 Å². The van der Waals surface area contributed by atoms with Gasteiger partial charge in [0.2, 0.25) is 5.95 Å². The fraction of sp³-hybridized carbons (Fsp3) is 0.231. The Labute approximate surface area is 117 Å². The maximum Gasteiger partial charge on any atom is 0.387 e. The van der Waals surface area contributed by atoms with Crippen LogP contribution in [0.25, 0.3) is 0 Å². The van der Waals surface area contributed by atoms with E-state index < -0.39 is 18.5 Å². The average Bonchev–Trinajstić information content (AvgIpc) is 2.77. The minimum atomic E-state index is -3.05. The molecule has 0 spiro atoms. The van der Waals surface area contributed by atoms with Crippen LogP contribution in [0.15, 0.2) is 24.5 Å². The summed E-state index contributed by atoms with van der Waals surface area (Å²) in [5.74, 6) is -2.23. The number of rotatable bonds is 5. The maximum atomic E-state index is 13.4. The van der Waals surface area contributed by atoms with Crippen LogP contribution in [0.3, 0.4) is 0 Å². The van der Waals surface area contributed by atoms with Gasteiger partial charge in [-0.1, -0.05) is 0 Å². The predicted molar refractivity (Wildman–Crippen MR) is 66.1 cm³/mol. The van der Waals surface area contributed by atoms with E-state index in [9.17, 15) is 18.0 Å². The second-order valence-corrected chi connectivity index (χ2v) is 4.26. The third-order valence-electron chi connectivity index (χ3n) is 2.91. The van der Waals surface area contributed by atoms with Crippen LogP contribution in [-0.4, -0.2) is 27.2 Å². The summed E-state index contributed by atoms with van der Waals surface area (Å²) in [5.41, 5.74) is 0.519. The summed E-state index contributed by atoms with van der Waals surface area (Å²) in [6.45, 7) is -1.56. The highest BCUT2D eigenvalue weighted by molar-refractivity contribution is 5.86. The topological polar surface area (TPSA) is 64.3 Å². The Kier molecular flexibility index (Phi) is 4.15.